The Kier molecular flexibility index (Phi) is 6.91. The van der Waals surface area contributed by atoms with E-state index < -0.39 is 24.0 Å². The van der Waals surface area contributed by atoms with Gasteiger partial charge in [-0.2, -0.15) is 4.39 Å². The topological polar surface area (TPSA) is 77.1 Å². The maximum Gasteiger partial charge on any atom is 0.262 e. The Labute approximate surface area is 241 Å². The number of fused-ring (bicyclic) bond motifs is 1. The van der Waals surface area contributed by atoms with Crippen molar-refractivity contribution < 1.29 is 13.2 Å². The third kappa shape index (κ3) is 5.02. The molecule has 3 aromatic rings. The number of pyridine rings is 2. The van der Waals surface area contributed by atoms with Gasteiger partial charge in [0.1, 0.15) is 5.54 Å². The van der Waals surface area contributed by atoms with Gasteiger partial charge in [-0.1, -0.05) is 36.9 Å². The van der Waals surface area contributed by atoms with Crippen molar-refractivity contribution in [3.05, 3.63) is 70.2 Å². The molecule has 1 aromatic carbocycles. The summed E-state index contributed by atoms with van der Waals surface area (Å²) < 4.78 is 41.6. The smallest absolute Gasteiger partial charge is 0.262 e. The van der Waals surface area contributed by atoms with E-state index in [0.29, 0.717) is 51.6 Å². The largest absolute Gasteiger partial charge is 0.383 e. The molecule has 2 aromatic heterocycles. The van der Waals surface area contributed by atoms with Crippen LogP contribution >= 0.6 is 11.6 Å². The number of hydrazine groups is 2. The van der Waals surface area contributed by atoms with Crippen LogP contribution in [0.1, 0.15) is 61.9 Å². The zero-order chi connectivity index (χ0) is 28.9. The lowest BCUT2D eigenvalue weighted by Gasteiger charge is -2.39. The molecule has 1 atom stereocenters. The monoisotopic (exact) mass is 581 g/mol. The van der Waals surface area contributed by atoms with Crippen molar-refractivity contribution in [2.45, 2.75) is 64.0 Å². The minimum atomic E-state index is -2.52. The highest BCUT2D eigenvalue weighted by atomic mass is 35.5. The number of nitrogens with zero attached hydrogens (tertiary/aromatic N) is 3. The summed E-state index contributed by atoms with van der Waals surface area (Å²) in [4.78, 5) is 8.52. The van der Waals surface area contributed by atoms with E-state index in [1.165, 1.54) is 17.5 Å². The number of alkyl halides is 2. The minimum Gasteiger partial charge on any atom is -0.383 e. The first kappa shape index (κ1) is 27.5. The van der Waals surface area contributed by atoms with Crippen LogP contribution in [0.25, 0.3) is 10.9 Å². The molecule has 2 fully saturated rings. The van der Waals surface area contributed by atoms with E-state index >= 15 is 0 Å². The van der Waals surface area contributed by atoms with Crippen LogP contribution in [0.2, 0.25) is 5.02 Å². The molecule has 6 rings (SSSR count). The molecule has 214 valence electrons. The van der Waals surface area contributed by atoms with E-state index in [1.807, 2.05) is 6.07 Å². The normalized spacial score (nSPS) is 19.3. The molecule has 0 spiro atoms. The second-order valence-electron chi connectivity index (χ2n) is 11.5. The molecule has 0 radical (unpaired) electrons. The molecule has 0 amide bonds. The quantitative estimate of drug-likeness (QED) is 0.171. The number of aryl methyl sites for hydroxylation is 1. The molecule has 41 heavy (non-hydrogen) atoms. The summed E-state index contributed by atoms with van der Waals surface area (Å²) in [7, 11) is 0. The first-order valence-electron chi connectivity index (χ1n) is 13.7. The van der Waals surface area contributed by atoms with Gasteiger partial charge < -0.3 is 16.1 Å². The van der Waals surface area contributed by atoms with Crippen molar-refractivity contribution in [3.8, 4) is 12.3 Å². The molecular formula is C30H31ClF3N7. The lowest BCUT2D eigenvalue weighted by molar-refractivity contribution is 0.00911. The van der Waals surface area contributed by atoms with Gasteiger partial charge in [0.05, 0.1) is 33.5 Å². The fourth-order valence-corrected chi connectivity index (χ4v) is 5.91. The Bertz CT molecular complexity index is 1580. The molecule has 11 heteroatoms. The van der Waals surface area contributed by atoms with Crippen LogP contribution in [0.15, 0.2) is 42.4 Å². The van der Waals surface area contributed by atoms with Gasteiger partial charge in [-0.05, 0) is 56.2 Å². The number of aromatic nitrogens is 2. The highest BCUT2D eigenvalue weighted by molar-refractivity contribution is 6.35. The maximum atomic E-state index is 13.9. The average molecular weight is 582 g/mol. The van der Waals surface area contributed by atoms with E-state index in [-0.39, 0.29) is 5.41 Å². The van der Waals surface area contributed by atoms with Crippen LogP contribution in [0, 0.1) is 30.6 Å². The van der Waals surface area contributed by atoms with Crippen molar-refractivity contribution in [1.82, 2.24) is 25.9 Å². The predicted molar refractivity (Wildman–Crippen MR) is 155 cm³/mol. The Hall–Kier alpha value is -3.68. The van der Waals surface area contributed by atoms with Crippen molar-refractivity contribution in [3.63, 3.8) is 0 Å². The van der Waals surface area contributed by atoms with Gasteiger partial charge in [0, 0.05) is 41.3 Å². The van der Waals surface area contributed by atoms with Crippen LogP contribution in [0.5, 0.6) is 0 Å². The average Bonchev–Trinajstić information content (AvgIpc) is 3.60. The predicted octanol–water partition coefficient (Wildman–Crippen LogP) is 6.43. The van der Waals surface area contributed by atoms with Crippen molar-refractivity contribution in [2.75, 3.05) is 17.2 Å². The zero-order valence-electron chi connectivity index (χ0n) is 22.8. The molecule has 3 heterocycles. The molecule has 2 aliphatic carbocycles. The number of benzene rings is 1. The number of hydrogen-bond acceptors (Lipinski definition) is 7. The minimum absolute atomic E-state index is 0.204. The summed E-state index contributed by atoms with van der Waals surface area (Å²) in [5.41, 5.74) is 9.20. The third-order valence-electron chi connectivity index (χ3n) is 8.60. The molecule has 3 aliphatic rings. The molecular weight excluding hydrogens is 551 g/mol. The SMILES string of the molecule is C#Cc1cnc2c(Cl)cc(N[C@H](C3=CN(C4(C(F)F)CC4)NN3)c3ccc(F)nc3C)cc2c1NCC1(C)CCC1. The van der Waals surface area contributed by atoms with Crippen molar-refractivity contribution in [1.29, 1.82) is 0 Å². The zero-order valence-corrected chi connectivity index (χ0v) is 23.5. The van der Waals surface area contributed by atoms with Gasteiger partial charge in [0.15, 0.2) is 0 Å². The van der Waals surface area contributed by atoms with Gasteiger partial charge >= 0.3 is 0 Å². The highest BCUT2D eigenvalue weighted by Gasteiger charge is 2.56. The molecule has 4 N–H and O–H groups in total. The fraction of sp³-hybridized carbons (Fsp3) is 0.400. The van der Waals surface area contributed by atoms with Crippen LogP contribution in [0.3, 0.4) is 0 Å². The fourth-order valence-electron chi connectivity index (χ4n) is 5.64. The first-order valence-corrected chi connectivity index (χ1v) is 14.0. The van der Waals surface area contributed by atoms with Gasteiger partial charge in [0.2, 0.25) is 5.95 Å². The van der Waals surface area contributed by atoms with Gasteiger partial charge in [-0.3, -0.25) is 9.99 Å². The lowest BCUT2D eigenvalue weighted by atomic mass is 9.70. The lowest BCUT2D eigenvalue weighted by Crippen LogP contribution is -2.48. The number of halogens is 4. The van der Waals surface area contributed by atoms with Crippen LogP contribution in [-0.4, -0.2) is 33.5 Å². The number of nitrogens with one attached hydrogen (secondary N) is 4. The number of hydrogen-bond donors (Lipinski definition) is 4. The molecule has 1 aliphatic heterocycles. The van der Waals surface area contributed by atoms with E-state index in [2.05, 4.69) is 44.4 Å². The number of anilines is 2. The number of rotatable bonds is 9. The standard InChI is InChI=1S/C30H31ClF3N7/c1-4-18-14-35-26-21(25(18)36-16-29(3)8-5-9-29)12-19(13-22(26)31)38-27(20-6-7-24(32)37-17(20)2)23-15-41(40-39-23)30(10-11-30)28(33)34/h1,6-7,12-15,27-28,38-40H,5,8-11,16H2,2-3H3,(H,35,36)/t27-/m0/s1. The Morgan fingerprint density at radius 3 is 2.63 bits per heavy atom. The molecule has 0 unspecified atom stereocenters. The Balaban J connectivity index is 1.40. The summed E-state index contributed by atoms with van der Waals surface area (Å²) in [6.45, 7) is 4.73. The molecule has 2 saturated carbocycles. The summed E-state index contributed by atoms with van der Waals surface area (Å²) >= 11 is 6.75. The van der Waals surface area contributed by atoms with Crippen LogP contribution < -0.4 is 21.6 Å². The van der Waals surface area contributed by atoms with Crippen molar-refractivity contribution >= 4 is 33.9 Å². The molecule has 0 saturated heterocycles. The Morgan fingerprint density at radius 2 is 2.00 bits per heavy atom. The molecule has 0 bridgehead atoms. The summed E-state index contributed by atoms with van der Waals surface area (Å²) in [6.07, 6.45) is 10.9. The van der Waals surface area contributed by atoms with Crippen LogP contribution in [-0.2, 0) is 0 Å². The van der Waals surface area contributed by atoms with Gasteiger partial charge in [-0.25, -0.2) is 13.8 Å². The van der Waals surface area contributed by atoms with E-state index in [9.17, 15) is 13.2 Å². The maximum absolute atomic E-state index is 13.9. The number of terminal acetylenes is 1. The van der Waals surface area contributed by atoms with Crippen LogP contribution in [0.4, 0.5) is 24.5 Å². The molecule has 7 nitrogen and oxygen atoms in total. The summed E-state index contributed by atoms with van der Waals surface area (Å²) in [5, 5.41) is 9.64. The third-order valence-corrected chi connectivity index (χ3v) is 8.88. The van der Waals surface area contributed by atoms with Gasteiger partial charge in [0.25, 0.3) is 6.43 Å². The van der Waals surface area contributed by atoms with E-state index in [1.54, 1.807) is 31.5 Å². The summed E-state index contributed by atoms with van der Waals surface area (Å²) in [5.74, 6) is 2.12. The van der Waals surface area contributed by atoms with Crippen molar-refractivity contribution in [2.24, 2.45) is 5.41 Å². The van der Waals surface area contributed by atoms with Gasteiger partial charge in [-0.15, -0.1) is 12.0 Å². The second-order valence-corrected chi connectivity index (χ2v) is 12.0. The second kappa shape index (κ2) is 10.3. The first-order chi connectivity index (χ1) is 19.6. The Morgan fingerprint density at radius 1 is 1.22 bits per heavy atom. The highest BCUT2D eigenvalue weighted by Crippen LogP contribution is 2.47. The summed E-state index contributed by atoms with van der Waals surface area (Å²) in [6, 6.07) is 5.98. The van der Waals surface area contributed by atoms with E-state index in [0.717, 1.165) is 30.5 Å². The van der Waals surface area contributed by atoms with E-state index in [4.69, 9.17) is 18.0 Å².